The highest BCUT2D eigenvalue weighted by Crippen LogP contribution is 2.54. The van der Waals surface area contributed by atoms with Crippen LogP contribution < -0.4 is 4.74 Å². The number of ether oxygens (including phenoxy) is 2. The molecule has 0 fully saturated rings. The molecule has 5 nitrogen and oxygen atoms in total. The fourth-order valence-corrected chi connectivity index (χ4v) is 6.34. The van der Waals surface area contributed by atoms with Crippen LogP contribution in [0.25, 0.3) is 0 Å². The van der Waals surface area contributed by atoms with E-state index in [1.54, 1.807) is 19.2 Å². The minimum atomic E-state index is -0.382. The molecular formula is C33H38FNO4. The van der Waals surface area contributed by atoms with Crippen LogP contribution in [0.4, 0.5) is 4.39 Å². The molecule has 0 aromatic heterocycles. The summed E-state index contributed by atoms with van der Waals surface area (Å²) in [6.45, 7) is 10.0. The van der Waals surface area contributed by atoms with Crippen molar-refractivity contribution in [1.29, 1.82) is 0 Å². The van der Waals surface area contributed by atoms with E-state index in [0.29, 0.717) is 38.3 Å². The molecule has 39 heavy (non-hydrogen) atoms. The van der Waals surface area contributed by atoms with Gasteiger partial charge in [-0.3, -0.25) is 9.59 Å². The van der Waals surface area contributed by atoms with Crippen molar-refractivity contribution in [2.75, 3.05) is 20.3 Å². The zero-order valence-corrected chi connectivity index (χ0v) is 23.6. The first-order valence-electron chi connectivity index (χ1n) is 13.7. The molecule has 2 aromatic carbocycles. The smallest absolute Gasteiger partial charge is 0.162 e. The zero-order valence-electron chi connectivity index (χ0n) is 23.6. The maximum atomic E-state index is 13.8. The zero-order chi connectivity index (χ0) is 27.9. The van der Waals surface area contributed by atoms with Crippen LogP contribution in [0.15, 0.2) is 71.1 Å². The Balaban J connectivity index is 1.55. The van der Waals surface area contributed by atoms with Gasteiger partial charge in [-0.15, -0.1) is 0 Å². The van der Waals surface area contributed by atoms with Crippen LogP contribution in [0.2, 0.25) is 0 Å². The van der Waals surface area contributed by atoms with Gasteiger partial charge >= 0.3 is 0 Å². The average Bonchev–Trinajstić information content (AvgIpc) is 2.86. The van der Waals surface area contributed by atoms with E-state index in [-0.39, 0.29) is 34.1 Å². The lowest BCUT2D eigenvalue weighted by Crippen LogP contribution is -2.45. The first-order chi connectivity index (χ1) is 18.5. The molecule has 0 radical (unpaired) electrons. The van der Waals surface area contributed by atoms with Gasteiger partial charge in [0, 0.05) is 55.0 Å². The van der Waals surface area contributed by atoms with E-state index >= 15 is 0 Å². The molecule has 5 rings (SSSR count). The van der Waals surface area contributed by atoms with Crippen molar-refractivity contribution in [1.82, 2.24) is 4.90 Å². The standard InChI is InChI=1S/C33H38FNO4/c1-32(2)16-25-30(27(36)18-32)29(31-26(35(25)14-15-38-5)17-33(3,4)19-28(31)37)22-8-12-24(13-9-22)39-20-21-6-10-23(34)11-7-21/h6-13,29H,14-20H2,1-5H3. The first kappa shape index (κ1) is 27.3. The van der Waals surface area contributed by atoms with E-state index in [1.807, 2.05) is 24.3 Å². The molecule has 2 aromatic rings. The Morgan fingerprint density at radius 1 is 0.821 bits per heavy atom. The molecular weight excluding hydrogens is 493 g/mol. The topological polar surface area (TPSA) is 55.8 Å². The highest BCUT2D eigenvalue weighted by molar-refractivity contribution is 6.06. The lowest BCUT2D eigenvalue weighted by atomic mass is 9.63. The highest BCUT2D eigenvalue weighted by atomic mass is 19.1. The Labute approximate surface area is 230 Å². The van der Waals surface area contributed by atoms with Gasteiger partial charge in [0.1, 0.15) is 18.2 Å². The van der Waals surface area contributed by atoms with Crippen LogP contribution in [-0.4, -0.2) is 36.7 Å². The summed E-state index contributed by atoms with van der Waals surface area (Å²) in [5, 5.41) is 0. The summed E-state index contributed by atoms with van der Waals surface area (Å²) in [7, 11) is 1.68. The molecule has 2 aliphatic carbocycles. The van der Waals surface area contributed by atoms with Crippen LogP contribution in [0, 0.1) is 16.6 Å². The van der Waals surface area contributed by atoms with Crippen LogP contribution in [0.3, 0.4) is 0 Å². The van der Waals surface area contributed by atoms with Gasteiger partial charge in [0.2, 0.25) is 0 Å². The summed E-state index contributed by atoms with van der Waals surface area (Å²) in [5.41, 5.74) is 5.09. The highest BCUT2D eigenvalue weighted by Gasteiger charge is 2.48. The molecule has 0 N–H and O–H groups in total. The number of rotatable bonds is 7. The van der Waals surface area contributed by atoms with Gasteiger partial charge in [0.25, 0.3) is 0 Å². The number of halogens is 1. The van der Waals surface area contributed by atoms with Gasteiger partial charge in [-0.2, -0.15) is 0 Å². The summed E-state index contributed by atoms with van der Waals surface area (Å²) in [6.07, 6.45) is 2.47. The lowest BCUT2D eigenvalue weighted by Gasteiger charge is -2.49. The fraction of sp³-hybridized carbons (Fsp3) is 0.455. The second-order valence-electron chi connectivity index (χ2n) is 12.7. The average molecular weight is 532 g/mol. The van der Waals surface area contributed by atoms with E-state index in [0.717, 1.165) is 46.5 Å². The summed E-state index contributed by atoms with van der Waals surface area (Å²) < 4.78 is 24.6. The fourth-order valence-electron chi connectivity index (χ4n) is 6.34. The number of carbonyl (C=O) groups is 2. The van der Waals surface area contributed by atoms with Gasteiger partial charge in [-0.05, 0) is 59.1 Å². The minimum absolute atomic E-state index is 0.120. The predicted molar refractivity (Wildman–Crippen MR) is 149 cm³/mol. The number of nitrogens with zero attached hydrogens (tertiary/aromatic N) is 1. The van der Waals surface area contributed by atoms with Gasteiger partial charge in [-0.25, -0.2) is 4.39 Å². The molecule has 0 unspecified atom stereocenters. The Hall–Kier alpha value is -3.25. The maximum Gasteiger partial charge on any atom is 0.162 e. The van der Waals surface area contributed by atoms with Crippen LogP contribution in [0.5, 0.6) is 5.75 Å². The number of ketones is 2. The number of allylic oxidation sites excluding steroid dienone is 4. The summed E-state index contributed by atoms with van der Waals surface area (Å²) >= 11 is 0. The molecule has 0 spiro atoms. The van der Waals surface area contributed by atoms with Gasteiger partial charge in [0.15, 0.2) is 11.6 Å². The number of Topliss-reactive ketones (excluding diaryl/α,β-unsaturated/α-hetero) is 2. The summed E-state index contributed by atoms with van der Waals surface area (Å²) in [5.74, 6) is 0.257. The van der Waals surface area contributed by atoms with Crippen LogP contribution >= 0.6 is 0 Å². The van der Waals surface area contributed by atoms with Crippen molar-refractivity contribution in [3.63, 3.8) is 0 Å². The number of methoxy groups -OCH3 is 1. The third kappa shape index (κ3) is 5.58. The Morgan fingerprint density at radius 3 is 1.87 bits per heavy atom. The molecule has 0 bridgehead atoms. The Bertz CT molecular complexity index is 1280. The monoisotopic (exact) mass is 531 g/mol. The number of benzene rings is 2. The molecule has 6 heteroatoms. The minimum Gasteiger partial charge on any atom is -0.489 e. The van der Waals surface area contributed by atoms with E-state index in [1.165, 1.54) is 12.1 Å². The van der Waals surface area contributed by atoms with Crippen molar-refractivity contribution in [2.45, 2.75) is 65.9 Å². The number of hydrogen-bond acceptors (Lipinski definition) is 5. The SMILES string of the molecule is COCCN1C2=C(C(=O)CC(C)(C)C2)C(c2ccc(OCc3ccc(F)cc3)cc2)C2=C1CC(C)(C)CC2=O. The molecule has 1 heterocycles. The van der Waals surface area contributed by atoms with Gasteiger partial charge in [0.05, 0.1) is 6.61 Å². The van der Waals surface area contributed by atoms with E-state index < -0.39 is 0 Å². The Morgan fingerprint density at radius 2 is 1.36 bits per heavy atom. The third-order valence-corrected chi connectivity index (χ3v) is 8.07. The number of hydrogen-bond donors (Lipinski definition) is 0. The van der Waals surface area contributed by atoms with Crippen molar-refractivity contribution in [3.8, 4) is 5.75 Å². The molecule has 3 aliphatic rings. The van der Waals surface area contributed by atoms with Crippen LogP contribution in [-0.2, 0) is 20.9 Å². The first-order valence-corrected chi connectivity index (χ1v) is 13.7. The second-order valence-corrected chi connectivity index (χ2v) is 12.7. The lowest BCUT2D eigenvalue weighted by molar-refractivity contribution is -0.119. The summed E-state index contributed by atoms with van der Waals surface area (Å²) in [4.78, 5) is 29.8. The molecule has 0 amide bonds. The second kappa shape index (κ2) is 10.4. The van der Waals surface area contributed by atoms with E-state index in [2.05, 4.69) is 32.6 Å². The van der Waals surface area contributed by atoms with Crippen molar-refractivity contribution in [3.05, 3.63) is 88.0 Å². The molecule has 0 atom stereocenters. The van der Waals surface area contributed by atoms with Crippen molar-refractivity contribution >= 4 is 11.6 Å². The maximum absolute atomic E-state index is 13.8. The Kier molecular flexibility index (Phi) is 7.27. The van der Waals surface area contributed by atoms with Crippen LogP contribution in [0.1, 0.15) is 70.4 Å². The summed E-state index contributed by atoms with van der Waals surface area (Å²) in [6, 6.07) is 14.0. The predicted octanol–water partition coefficient (Wildman–Crippen LogP) is 6.74. The normalized spacial score (nSPS) is 20.7. The molecule has 1 aliphatic heterocycles. The molecule has 206 valence electrons. The molecule has 0 saturated heterocycles. The largest absolute Gasteiger partial charge is 0.489 e. The van der Waals surface area contributed by atoms with E-state index in [9.17, 15) is 14.0 Å². The van der Waals surface area contributed by atoms with Crippen molar-refractivity contribution < 1.29 is 23.5 Å². The quantitative estimate of drug-likeness (QED) is 0.396. The third-order valence-electron chi connectivity index (χ3n) is 8.07. The van der Waals surface area contributed by atoms with Gasteiger partial charge < -0.3 is 14.4 Å². The van der Waals surface area contributed by atoms with E-state index in [4.69, 9.17) is 9.47 Å². The number of carbonyl (C=O) groups excluding carboxylic acids is 2. The van der Waals surface area contributed by atoms with Crippen molar-refractivity contribution in [2.24, 2.45) is 10.8 Å². The van der Waals surface area contributed by atoms with Gasteiger partial charge in [-0.1, -0.05) is 52.0 Å². The molecule has 0 saturated carbocycles.